The highest BCUT2D eigenvalue weighted by atomic mass is 16.5. The number of nitrogens with zero attached hydrogens (tertiary/aromatic N) is 3. The van der Waals surface area contributed by atoms with Gasteiger partial charge in [0, 0.05) is 55.0 Å². The molecule has 3 aromatic carbocycles. The maximum Gasteiger partial charge on any atom is 0.125 e. The van der Waals surface area contributed by atoms with Gasteiger partial charge in [0.1, 0.15) is 23.7 Å². The largest absolute Gasteiger partial charge is 0.507 e. The Morgan fingerprint density at radius 2 is 0.920 bits per heavy atom. The van der Waals surface area contributed by atoms with E-state index in [-0.39, 0.29) is 51.1 Å². The number of hydrogen-bond acceptors (Lipinski definition) is 11. The molecule has 11 heteroatoms. The van der Waals surface area contributed by atoms with Crippen molar-refractivity contribution in [2.75, 3.05) is 65.7 Å². The first-order chi connectivity index (χ1) is 24.2. The van der Waals surface area contributed by atoms with E-state index in [4.69, 9.17) is 9.47 Å². The van der Waals surface area contributed by atoms with Crippen LogP contribution in [-0.4, -0.2) is 123 Å². The molecule has 0 radical (unpaired) electrons. The molecule has 0 spiro atoms. The lowest BCUT2D eigenvalue weighted by atomic mass is 10.0. The first-order valence-corrected chi connectivity index (χ1v) is 17.7. The molecule has 0 unspecified atom stereocenters. The highest BCUT2D eigenvalue weighted by Gasteiger charge is 2.20. The third-order valence-corrected chi connectivity index (χ3v) is 9.25. The Bertz CT molecular complexity index is 1430. The van der Waals surface area contributed by atoms with Crippen LogP contribution in [0.1, 0.15) is 51.8 Å². The summed E-state index contributed by atoms with van der Waals surface area (Å²) in [4.78, 5) is 7.28. The Hall–Kier alpha value is -3.10. The minimum Gasteiger partial charge on any atom is -0.507 e. The molecule has 50 heavy (non-hydrogen) atoms. The van der Waals surface area contributed by atoms with Crippen molar-refractivity contribution in [2.24, 2.45) is 0 Å². The zero-order chi connectivity index (χ0) is 35.9. The SMILES string of the molecule is Cc1cc(COC(CO)CO)c(O)c(CN2CCCN(Cc3ccccc3)CCN(Cc3cc(C)cc(COC(CO)CO)c3O)CCC2)c1. The minimum atomic E-state index is -0.700. The molecule has 1 saturated heterocycles. The summed E-state index contributed by atoms with van der Waals surface area (Å²) < 4.78 is 11.3. The molecule has 0 saturated carbocycles. The van der Waals surface area contributed by atoms with Crippen molar-refractivity contribution in [3.63, 3.8) is 0 Å². The molecule has 4 rings (SSSR count). The summed E-state index contributed by atoms with van der Waals surface area (Å²) in [5, 5.41) is 60.2. The van der Waals surface area contributed by atoms with E-state index in [1.54, 1.807) is 0 Å². The fraction of sp³-hybridized carbons (Fsp3) is 0.538. The van der Waals surface area contributed by atoms with Gasteiger partial charge in [-0.05, 0) is 58.4 Å². The van der Waals surface area contributed by atoms with Crippen LogP contribution < -0.4 is 0 Å². The molecule has 3 aromatic rings. The Morgan fingerprint density at radius 1 is 0.540 bits per heavy atom. The van der Waals surface area contributed by atoms with E-state index in [0.717, 1.165) is 80.9 Å². The number of rotatable bonds is 16. The average Bonchev–Trinajstić information content (AvgIpc) is 3.15. The van der Waals surface area contributed by atoms with Gasteiger partial charge in [-0.3, -0.25) is 14.7 Å². The number of aryl methyl sites for hydroxylation is 2. The van der Waals surface area contributed by atoms with Gasteiger partial charge in [-0.1, -0.05) is 65.7 Å². The van der Waals surface area contributed by atoms with Crippen molar-refractivity contribution in [3.05, 3.63) is 93.5 Å². The van der Waals surface area contributed by atoms with Crippen LogP contribution in [0.2, 0.25) is 0 Å². The van der Waals surface area contributed by atoms with Crippen LogP contribution in [0, 0.1) is 13.8 Å². The predicted molar refractivity (Wildman–Crippen MR) is 193 cm³/mol. The first-order valence-electron chi connectivity index (χ1n) is 17.7. The summed E-state index contributed by atoms with van der Waals surface area (Å²) in [6, 6.07) is 18.3. The van der Waals surface area contributed by atoms with Gasteiger partial charge in [0.2, 0.25) is 0 Å². The molecule has 1 aliphatic rings. The highest BCUT2D eigenvalue weighted by molar-refractivity contribution is 5.44. The van der Waals surface area contributed by atoms with E-state index >= 15 is 0 Å². The standard InChI is InChI=1S/C39H57N3O8/c1-29-16-32(38(47)34(18-29)27-49-36(23-43)24-44)21-40-10-6-12-41(20-31-8-4-3-5-9-31)14-15-42(13-7-11-40)22-33-17-30(2)19-35(39(33)48)28-50-37(25-45)26-46/h3-5,8-9,16-19,36-37,43-48H,6-7,10-15,20-28H2,1-2H3. The van der Waals surface area contributed by atoms with Crippen LogP contribution in [0.25, 0.3) is 0 Å². The number of ether oxygens (including phenoxy) is 2. The average molecular weight is 696 g/mol. The lowest BCUT2D eigenvalue weighted by molar-refractivity contribution is -0.0290. The molecule has 1 heterocycles. The second kappa shape index (κ2) is 20.7. The number of benzene rings is 3. The molecule has 0 amide bonds. The van der Waals surface area contributed by atoms with E-state index in [9.17, 15) is 30.6 Å². The third-order valence-electron chi connectivity index (χ3n) is 9.25. The van der Waals surface area contributed by atoms with E-state index in [1.807, 2.05) is 44.2 Å². The maximum absolute atomic E-state index is 11.3. The Labute approximate surface area is 296 Å². The molecule has 1 aliphatic heterocycles. The molecule has 11 nitrogen and oxygen atoms in total. The number of phenolic OH excluding ortho intramolecular Hbond substituents is 2. The molecule has 0 aromatic heterocycles. The Kier molecular flexibility index (Phi) is 16.4. The van der Waals surface area contributed by atoms with Crippen molar-refractivity contribution in [3.8, 4) is 11.5 Å². The van der Waals surface area contributed by atoms with Gasteiger partial charge in [0.15, 0.2) is 0 Å². The van der Waals surface area contributed by atoms with E-state index in [2.05, 4.69) is 39.0 Å². The topological polar surface area (TPSA) is 150 Å². The second-order valence-electron chi connectivity index (χ2n) is 13.5. The van der Waals surface area contributed by atoms with Gasteiger partial charge < -0.3 is 40.1 Å². The minimum absolute atomic E-state index is 0.0925. The zero-order valence-corrected chi connectivity index (χ0v) is 29.7. The molecule has 0 bridgehead atoms. The van der Waals surface area contributed by atoms with Gasteiger partial charge in [-0.25, -0.2) is 0 Å². The highest BCUT2D eigenvalue weighted by Crippen LogP contribution is 2.29. The number of aliphatic hydroxyl groups excluding tert-OH is 4. The van der Waals surface area contributed by atoms with Gasteiger partial charge >= 0.3 is 0 Å². The van der Waals surface area contributed by atoms with Gasteiger partial charge in [0.05, 0.1) is 39.6 Å². The molecule has 0 atom stereocenters. The zero-order valence-electron chi connectivity index (χ0n) is 29.7. The van der Waals surface area contributed by atoms with Crippen LogP contribution >= 0.6 is 0 Å². The van der Waals surface area contributed by atoms with Crippen molar-refractivity contribution < 1.29 is 40.1 Å². The van der Waals surface area contributed by atoms with Gasteiger partial charge in [-0.2, -0.15) is 0 Å². The lowest BCUT2D eigenvalue weighted by Gasteiger charge is -2.28. The van der Waals surface area contributed by atoms with Crippen LogP contribution in [0.3, 0.4) is 0 Å². The molecule has 6 N–H and O–H groups in total. The Morgan fingerprint density at radius 3 is 1.34 bits per heavy atom. The number of hydrogen-bond donors (Lipinski definition) is 6. The smallest absolute Gasteiger partial charge is 0.125 e. The van der Waals surface area contributed by atoms with Crippen LogP contribution in [0.15, 0.2) is 54.6 Å². The lowest BCUT2D eigenvalue weighted by Crippen LogP contribution is -2.35. The summed E-state index contributed by atoms with van der Waals surface area (Å²) in [5.74, 6) is 0.368. The summed E-state index contributed by atoms with van der Waals surface area (Å²) >= 11 is 0. The van der Waals surface area contributed by atoms with E-state index < -0.39 is 12.2 Å². The van der Waals surface area contributed by atoms with Crippen LogP contribution in [0.4, 0.5) is 0 Å². The van der Waals surface area contributed by atoms with Gasteiger partial charge in [0.25, 0.3) is 0 Å². The van der Waals surface area contributed by atoms with Crippen molar-refractivity contribution in [1.29, 1.82) is 0 Å². The molecule has 276 valence electrons. The van der Waals surface area contributed by atoms with Crippen molar-refractivity contribution >= 4 is 0 Å². The van der Waals surface area contributed by atoms with Crippen LogP contribution in [0.5, 0.6) is 11.5 Å². The quantitative estimate of drug-likeness (QED) is 0.131. The van der Waals surface area contributed by atoms with Crippen LogP contribution in [-0.2, 0) is 42.3 Å². The summed E-state index contributed by atoms with van der Waals surface area (Å²) in [5.41, 5.74) is 6.18. The second-order valence-corrected chi connectivity index (χ2v) is 13.5. The summed E-state index contributed by atoms with van der Waals surface area (Å²) in [6.45, 7) is 10.1. The number of aliphatic hydroxyl groups is 4. The Balaban J connectivity index is 1.52. The fourth-order valence-corrected chi connectivity index (χ4v) is 6.52. The normalized spacial score (nSPS) is 15.9. The molecular weight excluding hydrogens is 638 g/mol. The molecule has 0 aliphatic carbocycles. The first kappa shape index (κ1) is 39.7. The van der Waals surface area contributed by atoms with E-state index in [1.165, 1.54) is 5.56 Å². The fourth-order valence-electron chi connectivity index (χ4n) is 6.52. The monoisotopic (exact) mass is 695 g/mol. The summed E-state index contributed by atoms with van der Waals surface area (Å²) in [7, 11) is 0. The van der Waals surface area contributed by atoms with Crippen molar-refractivity contribution in [2.45, 2.75) is 71.7 Å². The third kappa shape index (κ3) is 12.3. The van der Waals surface area contributed by atoms with Gasteiger partial charge in [-0.15, -0.1) is 0 Å². The summed E-state index contributed by atoms with van der Waals surface area (Å²) in [6.07, 6.45) is 0.467. The number of aromatic hydroxyl groups is 2. The van der Waals surface area contributed by atoms with Crippen molar-refractivity contribution in [1.82, 2.24) is 14.7 Å². The molecular formula is C39H57N3O8. The maximum atomic E-state index is 11.3. The number of phenols is 2. The predicted octanol–water partition coefficient (Wildman–Crippen LogP) is 3.05. The van der Waals surface area contributed by atoms with E-state index in [0.29, 0.717) is 24.2 Å². The molecule has 1 fully saturated rings.